The van der Waals surface area contributed by atoms with Crippen molar-refractivity contribution in [2.75, 3.05) is 24.3 Å². The maximum atomic E-state index is 13.7. The number of hydrogen-bond donors (Lipinski definition) is 1. The normalized spacial score (nSPS) is 12.5. The van der Waals surface area contributed by atoms with Crippen molar-refractivity contribution in [3.8, 4) is 0 Å². The Kier molecular flexibility index (Phi) is 8.11. The number of carbonyl (C=O) groups is 2. The summed E-state index contributed by atoms with van der Waals surface area (Å²) in [7, 11) is 3.95. The molecular formula is C29H35N3O2. The summed E-state index contributed by atoms with van der Waals surface area (Å²) in [4.78, 5) is 31.0. The summed E-state index contributed by atoms with van der Waals surface area (Å²) in [5.74, 6) is -0.264. The largest absolute Gasteiger partial charge is 0.378 e. The summed E-state index contributed by atoms with van der Waals surface area (Å²) in [6.45, 7) is 6.22. The summed E-state index contributed by atoms with van der Waals surface area (Å²) in [6.07, 6.45) is 0.730. The van der Waals surface area contributed by atoms with Crippen molar-refractivity contribution < 1.29 is 9.59 Å². The molecule has 0 spiro atoms. The van der Waals surface area contributed by atoms with Crippen LogP contribution in [0.4, 0.5) is 11.4 Å². The summed E-state index contributed by atoms with van der Waals surface area (Å²) in [6, 6.07) is 25.4. The van der Waals surface area contributed by atoms with Gasteiger partial charge in [-0.05, 0) is 61.2 Å². The molecule has 0 bridgehead atoms. The Morgan fingerprint density at radius 1 is 0.882 bits per heavy atom. The van der Waals surface area contributed by atoms with Crippen molar-refractivity contribution in [1.82, 2.24) is 4.90 Å². The fourth-order valence-corrected chi connectivity index (χ4v) is 3.94. The van der Waals surface area contributed by atoms with Crippen LogP contribution in [0.2, 0.25) is 0 Å². The molecule has 0 heterocycles. The third-order valence-corrected chi connectivity index (χ3v) is 6.50. The van der Waals surface area contributed by atoms with Gasteiger partial charge in [-0.1, -0.05) is 61.5 Å². The average Bonchev–Trinajstić information content (AvgIpc) is 2.84. The van der Waals surface area contributed by atoms with Crippen molar-refractivity contribution in [3.63, 3.8) is 0 Å². The smallest absolute Gasteiger partial charge is 0.250 e. The van der Waals surface area contributed by atoms with Crippen LogP contribution in [0.5, 0.6) is 0 Å². The molecular weight excluding hydrogens is 422 g/mol. The summed E-state index contributed by atoms with van der Waals surface area (Å²) in [5.41, 5.74) is 3.80. The van der Waals surface area contributed by atoms with Gasteiger partial charge in [0.2, 0.25) is 11.8 Å². The standard InChI is InChI=1S/C29H35N3O2/c1-6-29(3,28(34)30-25-16-18-26(19-17-25)31(4)5)32(21-24-15-11-10-12-22(24)2)27(33)20-23-13-8-7-9-14-23/h7-19H,6,20-21H2,1-5H3,(H,30,34). The Hall–Kier alpha value is -3.60. The molecule has 5 heteroatoms. The second-order valence-electron chi connectivity index (χ2n) is 9.09. The zero-order valence-corrected chi connectivity index (χ0v) is 20.8. The lowest BCUT2D eigenvalue weighted by atomic mass is 9.92. The van der Waals surface area contributed by atoms with E-state index in [9.17, 15) is 9.59 Å². The molecule has 1 unspecified atom stereocenters. The van der Waals surface area contributed by atoms with E-state index in [4.69, 9.17) is 0 Å². The van der Waals surface area contributed by atoms with Crippen LogP contribution in [0, 0.1) is 6.92 Å². The van der Waals surface area contributed by atoms with Crippen LogP contribution in [-0.2, 0) is 22.6 Å². The molecule has 3 aromatic carbocycles. The molecule has 3 rings (SSSR count). The Morgan fingerprint density at radius 3 is 2.09 bits per heavy atom. The Morgan fingerprint density at radius 2 is 1.50 bits per heavy atom. The topological polar surface area (TPSA) is 52.7 Å². The highest BCUT2D eigenvalue weighted by atomic mass is 16.2. The minimum Gasteiger partial charge on any atom is -0.378 e. The van der Waals surface area contributed by atoms with Crippen molar-refractivity contribution in [2.45, 2.75) is 45.7 Å². The molecule has 5 nitrogen and oxygen atoms in total. The Balaban J connectivity index is 1.92. The van der Waals surface area contributed by atoms with Crippen LogP contribution in [-0.4, -0.2) is 36.3 Å². The predicted molar refractivity (Wildman–Crippen MR) is 140 cm³/mol. The molecule has 0 aliphatic rings. The van der Waals surface area contributed by atoms with Crippen LogP contribution >= 0.6 is 0 Å². The number of anilines is 2. The van der Waals surface area contributed by atoms with E-state index in [1.54, 1.807) is 4.90 Å². The first-order valence-electron chi connectivity index (χ1n) is 11.7. The number of aryl methyl sites for hydroxylation is 1. The van der Waals surface area contributed by atoms with E-state index in [2.05, 4.69) is 5.32 Å². The van der Waals surface area contributed by atoms with Crippen LogP contribution in [0.15, 0.2) is 78.9 Å². The minimum atomic E-state index is -1.02. The number of rotatable bonds is 9. The molecule has 0 aromatic heterocycles. The number of carbonyl (C=O) groups excluding carboxylic acids is 2. The lowest BCUT2D eigenvalue weighted by Crippen LogP contribution is -2.56. The van der Waals surface area contributed by atoms with E-state index in [-0.39, 0.29) is 18.2 Å². The van der Waals surface area contributed by atoms with E-state index >= 15 is 0 Å². The van der Waals surface area contributed by atoms with Gasteiger partial charge in [0.05, 0.1) is 6.42 Å². The highest BCUT2D eigenvalue weighted by molar-refractivity contribution is 6.00. The van der Waals surface area contributed by atoms with E-state index < -0.39 is 5.54 Å². The first kappa shape index (κ1) is 25.0. The number of benzene rings is 3. The van der Waals surface area contributed by atoms with Gasteiger partial charge in [-0.25, -0.2) is 0 Å². The molecule has 1 N–H and O–H groups in total. The highest BCUT2D eigenvalue weighted by Crippen LogP contribution is 2.27. The SMILES string of the molecule is CCC(C)(C(=O)Nc1ccc(N(C)C)cc1)N(Cc1ccccc1C)C(=O)Cc1ccccc1. The van der Waals surface area contributed by atoms with Gasteiger partial charge in [0, 0.05) is 32.0 Å². The van der Waals surface area contributed by atoms with Crippen molar-refractivity contribution in [2.24, 2.45) is 0 Å². The zero-order valence-electron chi connectivity index (χ0n) is 20.8. The molecule has 0 saturated carbocycles. The Bertz CT molecular complexity index is 1110. The lowest BCUT2D eigenvalue weighted by Gasteiger charge is -2.40. The van der Waals surface area contributed by atoms with Gasteiger partial charge in [0.15, 0.2) is 0 Å². The zero-order chi connectivity index (χ0) is 24.7. The van der Waals surface area contributed by atoms with Gasteiger partial charge < -0.3 is 15.1 Å². The van der Waals surface area contributed by atoms with Crippen LogP contribution in [0.1, 0.15) is 37.0 Å². The van der Waals surface area contributed by atoms with E-state index in [1.165, 1.54) is 0 Å². The molecule has 0 aliphatic heterocycles. The molecule has 2 amide bonds. The summed E-state index contributed by atoms with van der Waals surface area (Å²) in [5, 5.41) is 3.05. The predicted octanol–water partition coefficient (Wildman–Crippen LogP) is 5.44. The lowest BCUT2D eigenvalue weighted by molar-refractivity contribution is -0.145. The monoisotopic (exact) mass is 457 g/mol. The number of amides is 2. The highest BCUT2D eigenvalue weighted by Gasteiger charge is 2.40. The molecule has 0 radical (unpaired) electrons. The van der Waals surface area contributed by atoms with Gasteiger partial charge >= 0.3 is 0 Å². The third kappa shape index (κ3) is 5.84. The van der Waals surface area contributed by atoms with Crippen LogP contribution in [0.25, 0.3) is 0 Å². The summed E-state index contributed by atoms with van der Waals surface area (Å²) < 4.78 is 0. The average molecular weight is 458 g/mol. The quantitative estimate of drug-likeness (QED) is 0.466. The van der Waals surface area contributed by atoms with Gasteiger partial charge in [0.1, 0.15) is 5.54 Å². The van der Waals surface area contributed by atoms with Crippen molar-refractivity contribution in [3.05, 3.63) is 95.6 Å². The second-order valence-corrected chi connectivity index (χ2v) is 9.09. The van der Waals surface area contributed by atoms with Crippen molar-refractivity contribution in [1.29, 1.82) is 0 Å². The minimum absolute atomic E-state index is 0.0723. The summed E-state index contributed by atoms with van der Waals surface area (Å²) >= 11 is 0. The molecule has 0 fully saturated rings. The van der Waals surface area contributed by atoms with E-state index in [0.29, 0.717) is 18.7 Å². The van der Waals surface area contributed by atoms with E-state index in [0.717, 1.165) is 22.4 Å². The number of nitrogens with zero attached hydrogens (tertiary/aromatic N) is 2. The fraction of sp³-hybridized carbons (Fsp3) is 0.310. The van der Waals surface area contributed by atoms with Crippen LogP contribution in [0.3, 0.4) is 0 Å². The van der Waals surface area contributed by atoms with Crippen LogP contribution < -0.4 is 10.2 Å². The molecule has 0 aliphatic carbocycles. The van der Waals surface area contributed by atoms with Gasteiger partial charge in [-0.2, -0.15) is 0 Å². The van der Waals surface area contributed by atoms with Gasteiger partial charge in [-0.15, -0.1) is 0 Å². The molecule has 0 saturated heterocycles. The fourth-order valence-electron chi connectivity index (χ4n) is 3.94. The van der Waals surface area contributed by atoms with Gasteiger partial charge in [-0.3, -0.25) is 9.59 Å². The molecule has 34 heavy (non-hydrogen) atoms. The van der Waals surface area contributed by atoms with E-state index in [1.807, 2.05) is 119 Å². The van der Waals surface area contributed by atoms with Gasteiger partial charge in [0.25, 0.3) is 0 Å². The maximum Gasteiger partial charge on any atom is 0.250 e. The Labute approximate surface area is 203 Å². The first-order chi connectivity index (χ1) is 16.2. The third-order valence-electron chi connectivity index (χ3n) is 6.50. The number of nitrogens with one attached hydrogen (secondary N) is 1. The molecule has 3 aromatic rings. The second kappa shape index (κ2) is 11.0. The van der Waals surface area contributed by atoms with Crippen molar-refractivity contribution >= 4 is 23.2 Å². The molecule has 178 valence electrons. The molecule has 1 atom stereocenters. The first-order valence-corrected chi connectivity index (χ1v) is 11.7. The number of hydrogen-bond acceptors (Lipinski definition) is 3. The maximum absolute atomic E-state index is 13.7.